The van der Waals surface area contributed by atoms with Crippen molar-refractivity contribution < 1.29 is 14.6 Å². The summed E-state index contributed by atoms with van der Waals surface area (Å²) in [6.07, 6.45) is 0.875. The fraction of sp³-hybridized carbons (Fsp3) is 0.625. The van der Waals surface area contributed by atoms with Crippen LogP contribution in [0.5, 0.6) is 0 Å². The number of nitrogens with two attached hydrogens (primary N) is 1. The molecule has 1 aromatic rings. The first-order valence-electron chi connectivity index (χ1n) is 7.63. The third-order valence-corrected chi connectivity index (χ3v) is 3.80. The molecule has 2 unspecified atom stereocenters. The smallest absolute Gasteiger partial charge is 0.333 e. The van der Waals surface area contributed by atoms with E-state index in [1.54, 1.807) is 6.07 Å². The number of hydrogen-bond acceptors (Lipinski definition) is 5. The Morgan fingerprint density at radius 3 is 2.82 bits per heavy atom. The molecule has 0 bridgehead atoms. The average molecular weight is 307 g/mol. The van der Waals surface area contributed by atoms with E-state index in [-0.39, 0.29) is 6.10 Å². The molecule has 1 aliphatic rings. The minimum Gasteiger partial charge on any atom is -0.479 e. The average Bonchev–Trinajstić information content (AvgIpc) is 2.43. The van der Waals surface area contributed by atoms with E-state index in [9.17, 15) is 9.90 Å². The molecule has 1 saturated heterocycles. The number of aromatic nitrogens is 1. The van der Waals surface area contributed by atoms with Gasteiger partial charge in [-0.3, -0.25) is 0 Å². The van der Waals surface area contributed by atoms with Gasteiger partial charge in [0.2, 0.25) is 0 Å². The van der Waals surface area contributed by atoms with Crippen molar-refractivity contribution in [3.8, 4) is 0 Å². The zero-order valence-electron chi connectivity index (χ0n) is 13.5. The lowest BCUT2D eigenvalue weighted by Gasteiger charge is -2.37. The molecule has 122 valence electrons. The summed E-state index contributed by atoms with van der Waals surface area (Å²) in [7, 11) is 0. The standard InChI is InChI=1S/C16H25N3O3/c1-16(2,3)14(15(20)21)22-11-6-5-9-19(10-11)13-8-4-7-12(17)18-13/h4,7-8,11,14H,5-6,9-10H2,1-3H3,(H2,17,18)(H,20,21). The molecule has 1 fully saturated rings. The Kier molecular flexibility index (Phi) is 4.90. The molecular formula is C16H25N3O3. The molecule has 2 heterocycles. The van der Waals surface area contributed by atoms with Crippen molar-refractivity contribution in [1.29, 1.82) is 0 Å². The van der Waals surface area contributed by atoms with Gasteiger partial charge in [0.15, 0.2) is 6.10 Å². The van der Waals surface area contributed by atoms with Gasteiger partial charge in [0.1, 0.15) is 11.6 Å². The Bertz CT molecular complexity index is 528. The van der Waals surface area contributed by atoms with Gasteiger partial charge in [-0.05, 0) is 30.4 Å². The van der Waals surface area contributed by atoms with Gasteiger partial charge >= 0.3 is 5.97 Å². The Morgan fingerprint density at radius 2 is 2.23 bits per heavy atom. The molecule has 22 heavy (non-hydrogen) atoms. The Labute approximate surface area is 131 Å². The van der Waals surface area contributed by atoms with E-state index in [1.165, 1.54) is 0 Å². The molecule has 1 aromatic heterocycles. The lowest BCUT2D eigenvalue weighted by Crippen LogP contribution is -2.46. The van der Waals surface area contributed by atoms with Crippen molar-refractivity contribution in [3.63, 3.8) is 0 Å². The number of ether oxygens (including phenoxy) is 1. The van der Waals surface area contributed by atoms with Crippen LogP contribution in [0.3, 0.4) is 0 Å². The second-order valence-corrected chi connectivity index (χ2v) is 6.85. The van der Waals surface area contributed by atoms with Crippen LogP contribution in [0.15, 0.2) is 18.2 Å². The molecule has 2 atom stereocenters. The van der Waals surface area contributed by atoms with Crippen LogP contribution in [0.1, 0.15) is 33.6 Å². The van der Waals surface area contributed by atoms with Crippen LogP contribution in [-0.2, 0) is 9.53 Å². The predicted molar refractivity (Wildman–Crippen MR) is 85.8 cm³/mol. The zero-order valence-corrected chi connectivity index (χ0v) is 13.5. The molecule has 3 N–H and O–H groups in total. The summed E-state index contributed by atoms with van der Waals surface area (Å²) in [6, 6.07) is 5.54. The lowest BCUT2D eigenvalue weighted by molar-refractivity contribution is -0.164. The summed E-state index contributed by atoms with van der Waals surface area (Å²) in [5.41, 5.74) is 5.29. The summed E-state index contributed by atoms with van der Waals surface area (Å²) in [4.78, 5) is 17.9. The van der Waals surface area contributed by atoms with Crippen LogP contribution in [-0.4, -0.2) is 41.4 Å². The minimum absolute atomic E-state index is 0.114. The number of piperidine rings is 1. The van der Waals surface area contributed by atoms with Crippen LogP contribution in [0, 0.1) is 5.41 Å². The van der Waals surface area contributed by atoms with E-state index < -0.39 is 17.5 Å². The monoisotopic (exact) mass is 307 g/mol. The third-order valence-electron chi connectivity index (χ3n) is 3.80. The van der Waals surface area contributed by atoms with Crippen molar-refractivity contribution in [3.05, 3.63) is 18.2 Å². The Hall–Kier alpha value is -1.82. The van der Waals surface area contributed by atoms with Crippen LogP contribution in [0.25, 0.3) is 0 Å². The first kappa shape index (κ1) is 16.5. The number of pyridine rings is 1. The van der Waals surface area contributed by atoms with E-state index in [0.717, 1.165) is 25.2 Å². The SMILES string of the molecule is CC(C)(C)C(OC1CCCN(c2cccc(N)n2)C1)C(=O)O. The number of carboxylic acids is 1. The highest BCUT2D eigenvalue weighted by atomic mass is 16.5. The third kappa shape index (κ3) is 4.10. The van der Waals surface area contributed by atoms with Crippen LogP contribution in [0.2, 0.25) is 0 Å². The van der Waals surface area contributed by atoms with Crippen molar-refractivity contribution in [2.24, 2.45) is 5.41 Å². The van der Waals surface area contributed by atoms with Gasteiger partial charge in [0, 0.05) is 13.1 Å². The summed E-state index contributed by atoms with van der Waals surface area (Å²) in [5, 5.41) is 9.39. The Morgan fingerprint density at radius 1 is 1.50 bits per heavy atom. The number of anilines is 2. The van der Waals surface area contributed by atoms with Crippen molar-refractivity contribution in [1.82, 2.24) is 4.98 Å². The van der Waals surface area contributed by atoms with Gasteiger partial charge in [-0.2, -0.15) is 0 Å². The number of rotatable bonds is 4. The van der Waals surface area contributed by atoms with Gasteiger partial charge in [-0.15, -0.1) is 0 Å². The summed E-state index contributed by atoms with van der Waals surface area (Å²) in [6.45, 7) is 7.16. The molecule has 0 radical (unpaired) electrons. The number of nitrogens with zero attached hydrogens (tertiary/aromatic N) is 2. The first-order valence-corrected chi connectivity index (χ1v) is 7.63. The molecule has 1 aliphatic heterocycles. The van der Waals surface area contributed by atoms with Gasteiger partial charge in [0.25, 0.3) is 0 Å². The van der Waals surface area contributed by atoms with Crippen LogP contribution < -0.4 is 10.6 Å². The van der Waals surface area contributed by atoms with Gasteiger partial charge in [0.05, 0.1) is 6.10 Å². The topological polar surface area (TPSA) is 88.7 Å². The van der Waals surface area contributed by atoms with Gasteiger partial charge in [-0.1, -0.05) is 26.8 Å². The summed E-state index contributed by atoms with van der Waals surface area (Å²) in [5.74, 6) is 0.390. The maximum Gasteiger partial charge on any atom is 0.333 e. The molecule has 0 aliphatic carbocycles. The zero-order chi connectivity index (χ0) is 16.3. The van der Waals surface area contributed by atoms with E-state index in [4.69, 9.17) is 10.5 Å². The number of aliphatic carboxylic acids is 1. The molecule has 6 heteroatoms. The molecule has 0 saturated carbocycles. The van der Waals surface area contributed by atoms with Crippen LogP contribution >= 0.6 is 0 Å². The highest BCUT2D eigenvalue weighted by molar-refractivity contribution is 5.73. The Balaban J connectivity index is 2.06. The second-order valence-electron chi connectivity index (χ2n) is 6.85. The number of hydrogen-bond donors (Lipinski definition) is 2. The van der Waals surface area contributed by atoms with E-state index >= 15 is 0 Å². The summed E-state index contributed by atoms with van der Waals surface area (Å²) >= 11 is 0. The van der Waals surface area contributed by atoms with Gasteiger partial charge in [-0.25, -0.2) is 9.78 Å². The molecule has 0 aromatic carbocycles. The fourth-order valence-electron chi connectivity index (χ4n) is 2.70. The highest BCUT2D eigenvalue weighted by Crippen LogP contribution is 2.27. The quantitative estimate of drug-likeness (QED) is 0.886. The van der Waals surface area contributed by atoms with E-state index in [2.05, 4.69) is 9.88 Å². The van der Waals surface area contributed by atoms with Crippen LogP contribution in [0.4, 0.5) is 11.6 Å². The fourth-order valence-corrected chi connectivity index (χ4v) is 2.70. The van der Waals surface area contributed by atoms with E-state index in [0.29, 0.717) is 12.4 Å². The maximum atomic E-state index is 11.4. The molecule has 0 amide bonds. The molecule has 2 rings (SSSR count). The second kappa shape index (κ2) is 6.52. The van der Waals surface area contributed by atoms with E-state index in [1.807, 2.05) is 32.9 Å². The van der Waals surface area contributed by atoms with Crippen molar-refractivity contribution >= 4 is 17.6 Å². The van der Waals surface area contributed by atoms with Crippen molar-refractivity contribution in [2.75, 3.05) is 23.7 Å². The highest BCUT2D eigenvalue weighted by Gasteiger charge is 2.35. The predicted octanol–water partition coefficient (Wildman–Crippen LogP) is 2.15. The number of nitrogen functional groups attached to an aromatic ring is 1. The largest absolute Gasteiger partial charge is 0.479 e. The maximum absolute atomic E-state index is 11.4. The minimum atomic E-state index is -0.910. The molecule has 6 nitrogen and oxygen atoms in total. The number of carboxylic acid groups (broad SMARTS) is 1. The lowest BCUT2D eigenvalue weighted by atomic mass is 9.88. The van der Waals surface area contributed by atoms with Crippen molar-refractivity contribution in [2.45, 2.75) is 45.8 Å². The van der Waals surface area contributed by atoms with Gasteiger partial charge < -0.3 is 20.5 Å². The molecular weight excluding hydrogens is 282 g/mol. The normalized spacial score (nSPS) is 20.7. The number of carbonyl (C=O) groups is 1. The summed E-state index contributed by atoms with van der Waals surface area (Å²) < 4.78 is 5.90. The first-order chi connectivity index (χ1) is 10.3. The molecule has 0 spiro atoms.